The first-order valence-electron chi connectivity index (χ1n) is 6.11. The third-order valence-corrected chi connectivity index (χ3v) is 3.81. The molecule has 4 nitrogen and oxygen atoms in total. The fourth-order valence-corrected chi connectivity index (χ4v) is 2.52. The Balaban J connectivity index is 1.86. The number of amides is 1. The lowest BCUT2D eigenvalue weighted by molar-refractivity contribution is -0.138. The van der Waals surface area contributed by atoms with Gasteiger partial charge < -0.3 is 10.2 Å². The van der Waals surface area contributed by atoms with Gasteiger partial charge in [-0.15, -0.1) is 0 Å². The lowest BCUT2D eigenvalue weighted by Gasteiger charge is -2.27. The number of rotatable bonds is 3. The van der Waals surface area contributed by atoms with Crippen LogP contribution in [0.25, 0.3) is 0 Å². The van der Waals surface area contributed by atoms with Crippen molar-refractivity contribution >= 4 is 17.7 Å². The first-order valence-corrected chi connectivity index (χ1v) is 7.10. The number of nitrogens with one attached hydrogen (secondary N) is 1. The van der Waals surface area contributed by atoms with Gasteiger partial charge in [-0.2, -0.15) is 13.2 Å². The average Bonchev–Trinajstić information content (AvgIpc) is 2.45. The second-order valence-corrected chi connectivity index (χ2v) is 5.30. The molecule has 1 aromatic heterocycles. The van der Waals surface area contributed by atoms with Crippen molar-refractivity contribution < 1.29 is 18.0 Å². The third-order valence-electron chi connectivity index (χ3n) is 2.88. The molecule has 1 aliphatic heterocycles. The maximum Gasteiger partial charge on any atom is 0.417 e. The summed E-state index contributed by atoms with van der Waals surface area (Å²) in [7, 11) is 0. The summed E-state index contributed by atoms with van der Waals surface area (Å²) in [5.74, 6) is 0.177. The van der Waals surface area contributed by atoms with Crippen molar-refractivity contribution in [2.24, 2.45) is 0 Å². The summed E-state index contributed by atoms with van der Waals surface area (Å²) in [6.45, 7) is 2.88. The zero-order chi connectivity index (χ0) is 14.6. The molecule has 0 saturated carbocycles. The molecule has 0 atom stereocenters. The van der Waals surface area contributed by atoms with Crippen LogP contribution in [0.15, 0.2) is 23.4 Å². The quantitative estimate of drug-likeness (QED) is 0.862. The molecule has 0 radical (unpaired) electrons. The molecule has 0 aliphatic carbocycles. The van der Waals surface area contributed by atoms with Gasteiger partial charge in [0.2, 0.25) is 5.91 Å². The van der Waals surface area contributed by atoms with Crippen LogP contribution >= 0.6 is 11.8 Å². The van der Waals surface area contributed by atoms with Crippen LogP contribution in [0, 0.1) is 0 Å². The number of carbonyl (C=O) groups is 1. The Morgan fingerprint density at radius 2 is 2.05 bits per heavy atom. The van der Waals surface area contributed by atoms with E-state index in [0.29, 0.717) is 18.1 Å². The van der Waals surface area contributed by atoms with E-state index in [0.717, 1.165) is 37.1 Å². The van der Waals surface area contributed by atoms with Gasteiger partial charge in [0, 0.05) is 32.4 Å². The van der Waals surface area contributed by atoms with E-state index in [1.807, 2.05) is 0 Å². The molecule has 0 unspecified atom stereocenters. The van der Waals surface area contributed by atoms with Crippen LogP contribution in [0.3, 0.4) is 0 Å². The van der Waals surface area contributed by atoms with Crippen LogP contribution in [0.1, 0.15) is 5.56 Å². The Morgan fingerprint density at radius 1 is 1.35 bits per heavy atom. The first kappa shape index (κ1) is 15.1. The fraction of sp³-hybridized carbons (Fsp3) is 0.500. The van der Waals surface area contributed by atoms with Gasteiger partial charge in [-0.25, -0.2) is 4.98 Å². The Hall–Kier alpha value is -1.28. The normalized spacial score (nSPS) is 16.2. The Morgan fingerprint density at radius 3 is 2.60 bits per heavy atom. The second kappa shape index (κ2) is 6.45. The average molecular weight is 305 g/mol. The number of halogens is 3. The van der Waals surface area contributed by atoms with Crippen molar-refractivity contribution in [3.05, 3.63) is 23.9 Å². The van der Waals surface area contributed by atoms with Gasteiger partial charge in [0.05, 0.1) is 16.3 Å². The van der Waals surface area contributed by atoms with E-state index in [2.05, 4.69) is 10.3 Å². The topological polar surface area (TPSA) is 45.2 Å². The molecule has 1 fully saturated rings. The highest BCUT2D eigenvalue weighted by molar-refractivity contribution is 7.99. The maximum atomic E-state index is 12.4. The van der Waals surface area contributed by atoms with Crippen molar-refractivity contribution in [1.29, 1.82) is 0 Å². The van der Waals surface area contributed by atoms with Crippen molar-refractivity contribution in [3.63, 3.8) is 0 Å². The number of aromatic nitrogens is 1. The van der Waals surface area contributed by atoms with Crippen molar-refractivity contribution in [3.8, 4) is 0 Å². The van der Waals surface area contributed by atoms with E-state index < -0.39 is 11.7 Å². The first-order chi connectivity index (χ1) is 9.47. The molecule has 1 aromatic rings. The summed E-state index contributed by atoms with van der Waals surface area (Å²) in [5.41, 5.74) is -0.782. The fourth-order valence-electron chi connectivity index (χ4n) is 1.77. The zero-order valence-corrected chi connectivity index (χ0v) is 11.4. The van der Waals surface area contributed by atoms with E-state index in [-0.39, 0.29) is 11.7 Å². The van der Waals surface area contributed by atoms with E-state index in [1.165, 1.54) is 6.07 Å². The van der Waals surface area contributed by atoms with Gasteiger partial charge >= 0.3 is 6.18 Å². The smallest absolute Gasteiger partial charge is 0.339 e. The summed E-state index contributed by atoms with van der Waals surface area (Å²) in [4.78, 5) is 17.3. The Kier molecular flexibility index (Phi) is 4.87. The Labute approximate surface area is 118 Å². The standard InChI is InChI=1S/C12H14F3N3OS/c13-12(14,15)9-1-2-10(17-7-9)20-8-11(19)18-5-3-16-4-6-18/h1-2,7,16H,3-6,8H2. The number of pyridine rings is 1. The molecule has 1 saturated heterocycles. The molecule has 0 aromatic carbocycles. The maximum absolute atomic E-state index is 12.4. The minimum Gasteiger partial charge on any atom is -0.339 e. The van der Waals surface area contributed by atoms with Crippen molar-refractivity contribution in [2.45, 2.75) is 11.2 Å². The van der Waals surface area contributed by atoms with Gasteiger partial charge in [-0.05, 0) is 12.1 Å². The summed E-state index contributed by atoms with van der Waals surface area (Å²) < 4.78 is 37.1. The third kappa shape index (κ3) is 4.11. The number of thioether (sulfide) groups is 1. The van der Waals surface area contributed by atoms with Crippen LogP contribution in [-0.2, 0) is 11.0 Å². The summed E-state index contributed by atoms with van der Waals surface area (Å²) in [6, 6.07) is 2.27. The van der Waals surface area contributed by atoms with Gasteiger partial charge in [0.1, 0.15) is 0 Å². The van der Waals surface area contributed by atoms with Crippen molar-refractivity contribution in [2.75, 3.05) is 31.9 Å². The van der Waals surface area contributed by atoms with Crippen LogP contribution in [0.4, 0.5) is 13.2 Å². The molecule has 20 heavy (non-hydrogen) atoms. The molecule has 0 spiro atoms. The molecule has 2 heterocycles. The summed E-state index contributed by atoms with van der Waals surface area (Å²) in [6.07, 6.45) is -3.59. The van der Waals surface area contributed by atoms with Crippen LogP contribution in [0.2, 0.25) is 0 Å². The molecule has 110 valence electrons. The summed E-state index contributed by atoms with van der Waals surface area (Å²) in [5, 5.41) is 3.56. The SMILES string of the molecule is O=C(CSc1ccc(C(F)(F)F)cn1)N1CCNCC1. The van der Waals surface area contributed by atoms with E-state index in [9.17, 15) is 18.0 Å². The van der Waals surface area contributed by atoms with Crippen LogP contribution in [0.5, 0.6) is 0 Å². The largest absolute Gasteiger partial charge is 0.417 e. The van der Waals surface area contributed by atoms with Crippen LogP contribution in [-0.4, -0.2) is 47.7 Å². The highest BCUT2D eigenvalue weighted by Crippen LogP contribution is 2.29. The number of hydrogen-bond donors (Lipinski definition) is 1. The lowest BCUT2D eigenvalue weighted by Crippen LogP contribution is -2.47. The highest BCUT2D eigenvalue weighted by Gasteiger charge is 2.30. The minimum absolute atomic E-state index is 0.0156. The molecule has 0 bridgehead atoms. The molecule has 1 amide bonds. The van der Waals surface area contributed by atoms with Gasteiger partial charge in [-0.3, -0.25) is 4.79 Å². The van der Waals surface area contributed by atoms with Gasteiger partial charge in [-0.1, -0.05) is 11.8 Å². The predicted octanol–water partition coefficient (Wildman–Crippen LogP) is 1.62. The van der Waals surface area contributed by atoms with Crippen molar-refractivity contribution in [1.82, 2.24) is 15.2 Å². The molecular weight excluding hydrogens is 291 g/mol. The minimum atomic E-state index is -4.38. The van der Waals surface area contributed by atoms with Gasteiger partial charge in [0.15, 0.2) is 0 Å². The summed E-state index contributed by atoms with van der Waals surface area (Å²) >= 11 is 1.15. The number of carbonyl (C=O) groups excluding carboxylic acids is 1. The van der Waals surface area contributed by atoms with Gasteiger partial charge in [0.25, 0.3) is 0 Å². The highest BCUT2D eigenvalue weighted by atomic mass is 32.2. The lowest BCUT2D eigenvalue weighted by atomic mass is 10.3. The second-order valence-electron chi connectivity index (χ2n) is 4.30. The number of alkyl halides is 3. The zero-order valence-electron chi connectivity index (χ0n) is 10.6. The van der Waals surface area contributed by atoms with Crippen LogP contribution < -0.4 is 5.32 Å². The van der Waals surface area contributed by atoms with E-state index in [1.54, 1.807) is 4.90 Å². The molecule has 2 rings (SSSR count). The number of hydrogen-bond acceptors (Lipinski definition) is 4. The number of nitrogens with zero attached hydrogens (tertiary/aromatic N) is 2. The predicted molar refractivity (Wildman–Crippen MR) is 69.4 cm³/mol. The molecule has 1 aliphatic rings. The monoisotopic (exact) mass is 305 g/mol. The molecule has 8 heteroatoms. The Bertz CT molecular complexity index is 458. The molecular formula is C12H14F3N3OS. The molecule has 1 N–H and O–H groups in total. The van der Waals surface area contributed by atoms with E-state index >= 15 is 0 Å². The number of piperazine rings is 1. The van der Waals surface area contributed by atoms with E-state index in [4.69, 9.17) is 0 Å².